The fourth-order valence-electron chi connectivity index (χ4n) is 3.89. The van der Waals surface area contributed by atoms with E-state index in [9.17, 15) is 18.0 Å². The molecule has 0 aliphatic rings. The Balaban J connectivity index is 2.05. The largest absolute Gasteiger partial charge is 0.355 e. The highest BCUT2D eigenvalue weighted by Crippen LogP contribution is 2.27. The topological polar surface area (TPSA) is 86.8 Å². The highest BCUT2D eigenvalue weighted by molar-refractivity contribution is 7.92. The zero-order valence-electron chi connectivity index (χ0n) is 20.6. The van der Waals surface area contributed by atoms with Crippen molar-refractivity contribution in [2.45, 2.75) is 37.8 Å². The molecular weight excluding hydrogens is 533 g/mol. The number of nitrogens with zero attached hydrogens (tertiary/aromatic N) is 2. The molecule has 0 bridgehead atoms. The molecule has 0 aliphatic heterocycles. The molecule has 0 fully saturated rings. The van der Waals surface area contributed by atoms with Crippen LogP contribution >= 0.6 is 23.2 Å². The molecule has 2 amide bonds. The van der Waals surface area contributed by atoms with Crippen LogP contribution in [0.4, 0.5) is 5.69 Å². The van der Waals surface area contributed by atoms with E-state index in [0.29, 0.717) is 23.0 Å². The first-order valence-corrected chi connectivity index (χ1v) is 14.0. The van der Waals surface area contributed by atoms with Gasteiger partial charge in [0, 0.05) is 23.1 Å². The van der Waals surface area contributed by atoms with Crippen molar-refractivity contribution in [1.29, 1.82) is 0 Å². The maximum absolute atomic E-state index is 13.8. The van der Waals surface area contributed by atoms with Gasteiger partial charge in [-0.05, 0) is 61.4 Å². The third kappa shape index (κ3) is 7.25. The second-order valence-electron chi connectivity index (χ2n) is 8.27. The van der Waals surface area contributed by atoms with E-state index in [0.717, 1.165) is 9.87 Å². The first-order chi connectivity index (χ1) is 17.7. The van der Waals surface area contributed by atoms with E-state index in [1.807, 2.05) is 37.3 Å². The molecule has 3 aromatic carbocycles. The molecule has 7 nitrogen and oxygen atoms in total. The van der Waals surface area contributed by atoms with Crippen molar-refractivity contribution in [3.63, 3.8) is 0 Å². The van der Waals surface area contributed by atoms with E-state index in [4.69, 9.17) is 23.2 Å². The van der Waals surface area contributed by atoms with Gasteiger partial charge < -0.3 is 10.2 Å². The van der Waals surface area contributed by atoms with Crippen molar-refractivity contribution in [3.8, 4) is 0 Å². The number of sulfonamides is 1. The number of rotatable bonds is 11. The number of carbonyl (C=O) groups is 2. The van der Waals surface area contributed by atoms with Gasteiger partial charge in [0.2, 0.25) is 11.8 Å². The van der Waals surface area contributed by atoms with Gasteiger partial charge in [0.25, 0.3) is 10.0 Å². The molecule has 0 radical (unpaired) electrons. The summed E-state index contributed by atoms with van der Waals surface area (Å²) in [6.07, 6.45) is 0.353. The van der Waals surface area contributed by atoms with Gasteiger partial charge >= 0.3 is 0 Å². The van der Waals surface area contributed by atoms with Crippen LogP contribution < -0.4 is 9.62 Å². The Hall–Kier alpha value is -3.07. The summed E-state index contributed by atoms with van der Waals surface area (Å²) in [6.45, 7) is 3.62. The molecule has 0 spiro atoms. The SMILES string of the molecule is CCNC(=O)[C@H](CC)N(Cc1ccccc1)C(=O)CN(c1cccc(Cl)c1)S(=O)(=O)c1ccc(Cl)cc1. The number of halogens is 2. The van der Waals surface area contributed by atoms with E-state index in [2.05, 4.69) is 5.32 Å². The zero-order chi connectivity index (χ0) is 27.0. The minimum absolute atomic E-state index is 0.0324. The lowest BCUT2D eigenvalue weighted by Gasteiger charge is -2.33. The zero-order valence-corrected chi connectivity index (χ0v) is 22.9. The molecule has 3 aromatic rings. The number of carbonyl (C=O) groups excluding carboxylic acids is 2. The number of nitrogens with one attached hydrogen (secondary N) is 1. The van der Waals surface area contributed by atoms with E-state index >= 15 is 0 Å². The summed E-state index contributed by atoms with van der Waals surface area (Å²) in [5.74, 6) is -0.830. The van der Waals surface area contributed by atoms with Crippen LogP contribution in [-0.2, 0) is 26.2 Å². The molecule has 0 saturated carbocycles. The predicted molar refractivity (Wildman–Crippen MR) is 147 cm³/mol. The van der Waals surface area contributed by atoms with Gasteiger partial charge in [-0.1, -0.05) is 66.5 Å². The summed E-state index contributed by atoms with van der Waals surface area (Å²) in [5, 5.41) is 3.47. The Bertz CT molecular complexity index is 1320. The van der Waals surface area contributed by atoms with Crippen molar-refractivity contribution in [2.75, 3.05) is 17.4 Å². The second-order valence-corrected chi connectivity index (χ2v) is 11.0. The summed E-state index contributed by atoms with van der Waals surface area (Å²) < 4.78 is 28.5. The monoisotopic (exact) mass is 561 g/mol. The molecule has 0 aliphatic carbocycles. The molecule has 37 heavy (non-hydrogen) atoms. The van der Waals surface area contributed by atoms with Crippen molar-refractivity contribution in [3.05, 3.63) is 94.5 Å². The molecule has 3 rings (SSSR count). The van der Waals surface area contributed by atoms with Crippen LogP contribution in [0.15, 0.2) is 83.8 Å². The Morgan fingerprint density at radius 3 is 2.16 bits per heavy atom. The number of hydrogen-bond donors (Lipinski definition) is 1. The van der Waals surface area contributed by atoms with Gasteiger partial charge in [0.15, 0.2) is 0 Å². The van der Waals surface area contributed by atoms with Crippen LogP contribution in [0.3, 0.4) is 0 Å². The number of hydrogen-bond acceptors (Lipinski definition) is 4. The number of amides is 2. The molecular formula is C27H29Cl2N3O4S. The maximum Gasteiger partial charge on any atom is 0.264 e. The fraction of sp³-hybridized carbons (Fsp3) is 0.259. The van der Waals surface area contributed by atoms with Crippen LogP contribution in [0.1, 0.15) is 25.8 Å². The van der Waals surface area contributed by atoms with Gasteiger partial charge in [0.05, 0.1) is 10.6 Å². The maximum atomic E-state index is 13.8. The fourth-order valence-corrected chi connectivity index (χ4v) is 5.60. The van der Waals surface area contributed by atoms with E-state index in [1.54, 1.807) is 25.1 Å². The first-order valence-electron chi connectivity index (χ1n) is 11.8. The Morgan fingerprint density at radius 2 is 1.57 bits per heavy atom. The normalized spacial score (nSPS) is 12.0. The first kappa shape index (κ1) is 28.5. The molecule has 10 heteroatoms. The number of likely N-dealkylation sites (N-methyl/N-ethyl adjacent to an activating group) is 1. The summed E-state index contributed by atoms with van der Waals surface area (Å²) >= 11 is 12.1. The van der Waals surface area contributed by atoms with Gasteiger partial charge in [-0.2, -0.15) is 0 Å². The molecule has 1 atom stereocenters. The van der Waals surface area contributed by atoms with Crippen LogP contribution in [0, 0.1) is 0 Å². The average molecular weight is 563 g/mol. The highest BCUT2D eigenvalue weighted by atomic mass is 35.5. The van der Waals surface area contributed by atoms with Crippen molar-refractivity contribution in [2.24, 2.45) is 0 Å². The van der Waals surface area contributed by atoms with E-state index in [-0.39, 0.29) is 23.0 Å². The molecule has 0 unspecified atom stereocenters. The van der Waals surface area contributed by atoms with E-state index in [1.165, 1.54) is 35.2 Å². The summed E-state index contributed by atoms with van der Waals surface area (Å²) in [5.41, 5.74) is 1.04. The Labute approximate surface area is 228 Å². The highest BCUT2D eigenvalue weighted by Gasteiger charge is 2.33. The van der Waals surface area contributed by atoms with Crippen LogP contribution in [0.2, 0.25) is 10.0 Å². The van der Waals surface area contributed by atoms with Crippen molar-refractivity contribution in [1.82, 2.24) is 10.2 Å². The predicted octanol–water partition coefficient (Wildman–Crippen LogP) is 5.13. The molecule has 196 valence electrons. The van der Waals surface area contributed by atoms with Crippen molar-refractivity contribution >= 4 is 50.7 Å². The minimum Gasteiger partial charge on any atom is -0.355 e. The van der Waals surface area contributed by atoms with Gasteiger partial charge in [0.1, 0.15) is 12.6 Å². The smallest absolute Gasteiger partial charge is 0.264 e. The lowest BCUT2D eigenvalue weighted by Crippen LogP contribution is -2.52. The standard InChI is InChI=1S/C27H29Cl2N3O4S/c1-3-25(27(34)30-4-2)31(18-20-9-6-5-7-10-20)26(33)19-32(23-12-8-11-22(29)17-23)37(35,36)24-15-13-21(28)14-16-24/h5-17,25H,3-4,18-19H2,1-2H3,(H,30,34)/t25-/m0/s1. The number of anilines is 1. The molecule has 0 saturated heterocycles. The lowest BCUT2D eigenvalue weighted by atomic mass is 10.1. The molecule has 1 N–H and O–H groups in total. The van der Waals surface area contributed by atoms with E-state index < -0.39 is 28.5 Å². The summed E-state index contributed by atoms with van der Waals surface area (Å²) in [4.78, 5) is 28.1. The average Bonchev–Trinajstić information content (AvgIpc) is 2.88. The minimum atomic E-state index is -4.18. The third-order valence-electron chi connectivity index (χ3n) is 5.71. The van der Waals surface area contributed by atoms with Crippen LogP contribution in [0.25, 0.3) is 0 Å². The summed E-state index contributed by atoms with van der Waals surface area (Å²) in [7, 11) is -4.18. The second kappa shape index (κ2) is 12.9. The number of benzene rings is 3. The van der Waals surface area contributed by atoms with Gasteiger partial charge in [-0.3, -0.25) is 13.9 Å². The Kier molecular flexibility index (Phi) is 9.97. The molecule has 0 aromatic heterocycles. The lowest BCUT2D eigenvalue weighted by molar-refractivity contribution is -0.140. The van der Waals surface area contributed by atoms with Crippen LogP contribution in [0.5, 0.6) is 0 Å². The quantitative estimate of drug-likeness (QED) is 0.351. The van der Waals surface area contributed by atoms with Crippen molar-refractivity contribution < 1.29 is 18.0 Å². The molecule has 0 heterocycles. The Morgan fingerprint density at radius 1 is 0.892 bits per heavy atom. The van der Waals surface area contributed by atoms with Crippen LogP contribution in [-0.4, -0.2) is 44.3 Å². The third-order valence-corrected chi connectivity index (χ3v) is 7.98. The summed E-state index contributed by atoms with van der Waals surface area (Å²) in [6, 6.07) is 20.4. The van der Waals surface area contributed by atoms with Gasteiger partial charge in [-0.15, -0.1) is 0 Å². The van der Waals surface area contributed by atoms with Gasteiger partial charge in [-0.25, -0.2) is 8.42 Å².